The van der Waals surface area contributed by atoms with Crippen LogP contribution in [0.5, 0.6) is 5.75 Å². The molecule has 0 bridgehead atoms. The van der Waals surface area contributed by atoms with Gasteiger partial charge in [-0.05, 0) is 24.3 Å². The predicted octanol–water partition coefficient (Wildman–Crippen LogP) is 3.49. The van der Waals surface area contributed by atoms with Crippen LogP contribution in [0.1, 0.15) is 0 Å². The minimum Gasteiger partial charge on any atom is -0.507 e. The molecule has 1 saturated heterocycles. The summed E-state index contributed by atoms with van der Waals surface area (Å²) in [6.45, 7) is 2.80. The zero-order valence-electron chi connectivity index (χ0n) is 12.9. The van der Waals surface area contributed by atoms with E-state index in [-0.39, 0.29) is 5.75 Å². The first-order valence-corrected chi connectivity index (χ1v) is 8.19. The van der Waals surface area contributed by atoms with Crippen LogP contribution in [-0.2, 0) is 4.74 Å². The van der Waals surface area contributed by atoms with Gasteiger partial charge in [-0.1, -0.05) is 29.8 Å². The van der Waals surface area contributed by atoms with E-state index in [1.807, 2.05) is 30.3 Å². The summed E-state index contributed by atoms with van der Waals surface area (Å²) in [4.78, 5) is 11.5. The molecular formula is C18H16ClN3O2. The fraction of sp³-hybridized carbons (Fsp3) is 0.222. The number of phenols is 1. The third kappa shape index (κ3) is 2.66. The summed E-state index contributed by atoms with van der Waals surface area (Å²) >= 11 is 6.42. The van der Waals surface area contributed by atoms with Crippen LogP contribution in [-0.4, -0.2) is 41.4 Å². The van der Waals surface area contributed by atoms with Crippen molar-refractivity contribution < 1.29 is 9.84 Å². The number of nitrogens with zero attached hydrogens (tertiary/aromatic N) is 3. The quantitative estimate of drug-likeness (QED) is 0.773. The maximum absolute atomic E-state index is 10.2. The smallest absolute Gasteiger partial charge is 0.165 e. The van der Waals surface area contributed by atoms with Crippen LogP contribution < -0.4 is 4.90 Å². The number of phenolic OH excluding ortho intramolecular Hbond substituents is 1. The van der Waals surface area contributed by atoms with Gasteiger partial charge in [-0.15, -0.1) is 0 Å². The number of fused-ring (bicyclic) bond motifs is 1. The molecule has 24 heavy (non-hydrogen) atoms. The molecule has 3 aromatic rings. The summed E-state index contributed by atoms with van der Waals surface area (Å²) in [5, 5.41) is 11.6. The van der Waals surface area contributed by atoms with Gasteiger partial charge < -0.3 is 14.7 Å². The first-order chi connectivity index (χ1) is 11.7. The summed E-state index contributed by atoms with van der Waals surface area (Å²) in [6, 6.07) is 12.7. The molecule has 6 heteroatoms. The van der Waals surface area contributed by atoms with E-state index in [9.17, 15) is 5.11 Å². The highest BCUT2D eigenvalue weighted by Crippen LogP contribution is 2.35. The molecule has 0 amide bonds. The Morgan fingerprint density at radius 2 is 1.79 bits per heavy atom. The molecule has 1 aliphatic rings. The summed E-state index contributed by atoms with van der Waals surface area (Å²) < 4.78 is 5.44. The van der Waals surface area contributed by atoms with Gasteiger partial charge in [-0.3, -0.25) is 0 Å². The standard InChI is InChI=1S/C18H16ClN3O2/c19-13-5-3-6-14-16(13)18(22-8-10-24-11-9-22)21-17(20-14)12-4-1-2-7-15(12)23/h1-7,23H,8-11H2. The molecule has 1 fully saturated rings. The van der Waals surface area contributed by atoms with Crippen molar-refractivity contribution in [2.24, 2.45) is 0 Å². The fourth-order valence-electron chi connectivity index (χ4n) is 2.91. The van der Waals surface area contributed by atoms with Gasteiger partial charge in [0.25, 0.3) is 0 Å². The maximum Gasteiger partial charge on any atom is 0.165 e. The van der Waals surface area contributed by atoms with E-state index in [0.717, 1.165) is 29.8 Å². The molecule has 2 aromatic carbocycles. The van der Waals surface area contributed by atoms with Gasteiger partial charge in [-0.25, -0.2) is 9.97 Å². The first kappa shape index (κ1) is 15.2. The number of rotatable bonds is 2. The van der Waals surface area contributed by atoms with E-state index >= 15 is 0 Å². The number of benzene rings is 2. The summed E-state index contributed by atoms with van der Waals surface area (Å²) in [6.07, 6.45) is 0. The van der Waals surface area contributed by atoms with E-state index in [0.29, 0.717) is 29.6 Å². The molecule has 1 N–H and O–H groups in total. The zero-order chi connectivity index (χ0) is 16.5. The van der Waals surface area contributed by atoms with Gasteiger partial charge >= 0.3 is 0 Å². The lowest BCUT2D eigenvalue weighted by atomic mass is 10.1. The Morgan fingerprint density at radius 1 is 1.00 bits per heavy atom. The molecule has 122 valence electrons. The van der Waals surface area contributed by atoms with Crippen LogP contribution in [0.2, 0.25) is 5.02 Å². The van der Waals surface area contributed by atoms with Crippen LogP contribution >= 0.6 is 11.6 Å². The van der Waals surface area contributed by atoms with Crippen molar-refractivity contribution >= 4 is 28.3 Å². The number of anilines is 1. The first-order valence-electron chi connectivity index (χ1n) is 7.81. The molecule has 0 radical (unpaired) electrons. The van der Waals surface area contributed by atoms with Crippen molar-refractivity contribution in [1.29, 1.82) is 0 Å². The lowest BCUT2D eigenvalue weighted by Gasteiger charge is -2.29. The average Bonchev–Trinajstić information content (AvgIpc) is 2.62. The molecule has 0 unspecified atom stereocenters. The van der Waals surface area contributed by atoms with E-state index in [1.54, 1.807) is 12.1 Å². The van der Waals surface area contributed by atoms with Gasteiger partial charge in [0.2, 0.25) is 0 Å². The fourth-order valence-corrected chi connectivity index (χ4v) is 3.16. The van der Waals surface area contributed by atoms with Gasteiger partial charge in [0, 0.05) is 13.1 Å². The lowest BCUT2D eigenvalue weighted by Crippen LogP contribution is -2.37. The summed E-state index contributed by atoms with van der Waals surface area (Å²) in [7, 11) is 0. The number of hydrogen-bond acceptors (Lipinski definition) is 5. The summed E-state index contributed by atoms with van der Waals surface area (Å²) in [5.41, 5.74) is 1.37. The van der Waals surface area contributed by atoms with Gasteiger partial charge in [0.1, 0.15) is 11.6 Å². The van der Waals surface area contributed by atoms with Crippen molar-refractivity contribution in [3.05, 3.63) is 47.5 Å². The number of halogens is 1. The maximum atomic E-state index is 10.2. The molecule has 2 heterocycles. The van der Waals surface area contributed by atoms with Crippen molar-refractivity contribution in [2.75, 3.05) is 31.2 Å². The highest BCUT2D eigenvalue weighted by Gasteiger charge is 2.20. The molecule has 0 spiro atoms. The minimum atomic E-state index is 0.159. The van der Waals surface area contributed by atoms with Crippen molar-refractivity contribution in [2.45, 2.75) is 0 Å². The lowest BCUT2D eigenvalue weighted by molar-refractivity contribution is 0.122. The largest absolute Gasteiger partial charge is 0.507 e. The van der Waals surface area contributed by atoms with Crippen molar-refractivity contribution in [3.63, 3.8) is 0 Å². The SMILES string of the molecule is Oc1ccccc1-c1nc(N2CCOCC2)c2c(Cl)cccc2n1. The van der Waals surface area contributed by atoms with Gasteiger partial charge in [0.15, 0.2) is 5.82 Å². The van der Waals surface area contributed by atoms with Crippen LogP contribution in [0.15, 0.2) is 42.5 Å². The number of aromatic hydroxyl groups is 1. The normalized spacial score (nSPS) is 15.0. The average molecular weight is 342 g/mol. The van der Waals surface area contributed by atoms with Gasteiger partial charge in [-0.2, -0.15) is 0 Å². The second kappa shape index (κ2) is 6.26. The third-order valence-corrected chi connectivity index (χ3v) is 4.42. The Hall–Kier alpha value is -2.37. The highest BCUT2D eigenvalue weighted by atomic mass is 35.5. The van der Waals surface area contributed by atoms with Crippen molar-refractivity contribution in [3.8, 4) is 17.1 Å². The number of morpholine rings is 1. The number of hydrogen-bond donors (Lipinski definition) is 1. The number of para-hydroxylation sites is 1. The Balaban J connectivity index is 1.96. The molecule has 5 nitrogen and oxygen atoms in total. The van der Waals surface area contributed by atoms with E-state index in [4.69, 9.17) is 21.3 Å². The van der Waals surface area contributed by atoms with E-state index in [2.05, 4.69) is 9.88 Å². The molecular weight excluding hydrogens is 326 g/mol. The van der Waals surface area contributed by atoms with Crippen molar-refractivity contribution in [1.82, 2.24) is 9.97 Å². The third-order valence-electron chi connectivity index (χ3n) is 4.11. The Morgan fingerprint density at radius 3 is 2.58 bits per heavy atom. The van der Waals surface area contributed by atoms with E-state index < -0.39 is 0 Å². The number of ether oxygens (including phenoxy) is 1. The topological polar surface area (TPSA) is 58.5 Å². The molecule has 1 aromatic heterocycles. The van der Waals surface area contributed by atoms with Crippen LogP contribution in [0.25, 0.3) is 22.3 Å². The zero-order valence-corrected chi connectivity index (χ0v) is 13.7. The van der Waals surface area contributed by atoms with Gasteiger partial charge in [0.05, 0.1) is 34.7 Å². The Labute approximate surface area is 144 Å². The molecule has 0 atom stereocenters. The molecule has 0 aliphatic carbocycles. The van der Waals surface area contributed by atoms with Crippen LogP contribution in [0, 0.1) is 0 Å². The second-order valence-electron chi connectivity index (χ2n) is 5.62. The molecule has 0 saturated carbocycles. The monoisotopic (exact) mass is 341 g/mol. The number of aromatic nitrogens is 2. The van der Waals surface area contributed by atoms with Crippen LogP contribution in [0.4, 0.5) is 5.82 Å². The van der Waals surface area contributed by atoms with E-state index in [1.165, 1.54) is 0 Å². The Bertz CT molecular complexity index is 895. The highest BCUT2D eigenvalue weighted by molar-refractivity contribution is 6.36. The Kier molecular flexibility index (Phi) is 3.96. The summed E-state index contributed by atoms with van der Waals surface area (Å²) in [5.74, 6) is 1.43. The molecule has 4 rings (SSSR count). The predicted molar refractivity (Wildman–Crippen MR) is 94.7 cm³/mol. The van der Waals surface area contributed by atoms with Crippen LogP contribution in [0.3, 0.4) is 0 Å². The molecule has 1 aliphatic heterocycles. The second-order valence-corrected chi connectivity index (χ2v) is 6.03. The minimum absolute atomic E-state index is 0.159.